The molecule has 9 heteroatoms. The third-order valence-electron chi connectivity index (χ3n) is 3.71. The summed E-state index contributed by atoms with van der Waals surface area (Å²) in [7, 11) is 0. The molecule has 132 valence electrons. The lowest BCUT2D eigenvalue weighted by atomic mass is 10.0. The van der Waals surface area contributed by atoms with E-state index >= 15 is 0 Å². The number of ether oxygens (including phenoxy) is 1. The Hall–Kier alpha value is -1.01. The standard InChI is InChI=1S/C15H21ClN4O2S2/c1-3-23-7-4-12(21)18-9-15(2)10-20(5-6-22-15)14-11(8-17)13(16)19-24-14/h3-7,9-10H2,1-2H3,(H,18,21). The average Bonchev–Trinajstić information content (AvgIpc) is 2.94. The van der Waals surface area contributed by atoms with Crippen LogP contribution in [0.5, 0.6) is 0 Å². The van der Waals surface area contributed by atoms with Gasteiger partial charge in [0.1, 0.15) is 22.2 Å². The van der Waals surface area contributed by atoms with Gasteiger partial charge >= 0.3 is 0 Å². The second-order valence-corrected chi connectivity index (χ2v) is 8.21. The van der Waals surface area contributed by atoms with Crippen LogP contribution in [0, 0.1) is 11.3 Å². The molecule has 6 nitrogen and oxygen atoms in total. The molecule has 0 saturated carbocycles. The molecule has 24 heavy (non-hydrogen) atoms. The Balaban J connectivity index is 1.94. The van der Waals surface area contributed by atoms with E-state index in [1.54, 1.807) is 11.8 Å². The van der Waals surface area contributed by atoms with E-state index in [-0.39, 0.29) is 11.1 Å². The van der Waals surface area contributed by atoms with E-state index in [1.165, 1.54) is 11.5 Å². The van der Waals surface area contributed by atoms with E-state index in [9.17, 15) is 10.1 Å². The quantitative estimate of drug-likeness (QED) is 0.723. The van der Waals surface area contributed by atoms with Gasteiger partial charge in [0.25, 0.3) is 0 Å². The van der Waals surface area contributed by atoms with E-state index in [0.717, 1.165) is 16.5 Å². The summed E-state index contributed by atoms with van der Waals surface area (Å²) in [6.07, 6.45) is 0.515. The van der Waals surface area contributed by atoms with Gasteiger partial charge in [-0.2, -0.15) is 21.4 Å². The highest BCUT2D eigenvalue weighted by molar-refractivity contribution is 7.99. The van der Waals surface area contributed by atoms with Gasteiger partial charge in [-0.1, -0.05) is 18.5 Å². The van der Waals surface area contributed by atoms with Crippen molar-refractivity contribution in [2.75, 3.05) is 42.6 Å². The second kappa shape index (κ2) is 8.90. The number of hydrogen-bond acceptors (Lipinski definition) is 7. The van der Waals surface area contributed by atoms with Gasteiger partial charge in [0.05, 0.1) is 6.61 Å². The summed E-state index contributed by atoms with van der Waals surface area (Å²) in [5.74, 6) is 1.88. The first kappa shape index (κ1) is 19.3. The van der Waals surface area contributed by atoms with Gasteiger partial charge in [-0.3, -0.25) is 4.79 Å². The summed E-state index contributed by atoms with van der Waals surface area (Å²) in [4.78, 5) is 14.0. The number of thioether (sulfide) groups is 1. The summed E-state index contributed by atoms with van der Waals surface area (Å²) >= 11 is 8.93. The molecule has 0 radical (unpaired) electrons. The molecule has 1 unspecified atom stereocenters. The molecule has 0 aromatic carbocycles. The van der Waals surface area contributed by atoms with E-state index in [4.69, 9.17) is 16.3 Å². The SMILES string of the molecule is CCSCCC(=O)NCC1(C)CN(c2snc(Cl)c2C#N)CCO1. The molecule has 1 amide bonds. The van der Waals surface area contributed by atoms with Gasteiger partial charge < -0.3 is 15.0 Å². The molecule has 1 aliphatic rings. The number of hydrogen-bond donors (Lipinski definition) is 1. The predicted molar refractivity (Wildman–Crippen MR) is 99.0 cm³/mol. The monoisotopic (exact) mass is 388 g/mol. The predicted octanol–water partition coefficient (Wildman–Crippen LogP) is 2.52. The number of nitrogens with one attached hydrogen (secondary N) is 1. The number of anilines is 1. The number of aromatic nitrogens is 1. The van der Waals surface area contributed by atoms with Crippen LogP contribution in [0.3, 0.4) is 0 Å². The first-order valence-electron chi connectivity index (χ1n) is 7.77. The average molecular weight is 389 g/mol. The molecule has 1 aliphatic heterocycles. The molecule has 1 aromatic rings. The highest BCUT2D eigenvalue weighted by Gasteiger charge is 2.34. The number of nitrogens with zero attached hydrogens (tertiary/aromatic N) is 3. The number of amides is 1. The molecular formula is C15H21ClN4O2S2. The second-order valence-electron chi connectivity index (χ2n) is 5.71. The van der Waals surface area contributed by atoms with Crippen molar-refractivity contribution in [2.24, 2.45) is 0 Å². The first-order valence-corrected chi connectivity index (χ1v) is 10.1. The smallest absolute Gasteiger partial charge is 0.220 e. The maximum Gasteiger partial charge on any atom is 0.220 e. The van der Waals surface area contributed by atoms with Crippen molar-refractivity contribution >= 4 is 45.8 Å². The normalized spacial score (nSPS) is 20.7. The number of halogens is 1. The Bertz CT molecular complexity index is 619. The minimum Gasteiger partial charge on any atom is -0.370 e. The Morgan fingerprint density at radius 3 is 3.17 bits per heavy atom. The summed E-state index contributed by atoms with van der Waals surface area (Å²) < 4.78 is 9.94. The van der Waals surface area contributed by atoms with Crippen molar-refractivity contribution in [1.82, 2.24) is 9.69 Å². The van der Waals surface area contributed by atoms with Gasteiger partial charge in [-0.05, 0) is 24.2 Å². The zero-order valence-corrected chi connectivity index (χ0v) is 16.2. The van der Waals surface area contributed by atoms with E-state index < -0.39 is 5.60 Å². The minimum atomic E-state index is -0.505. The fraction of sp³-hybridized carbons (Fsp3) is 0.667. The van der Waals surface area contributed by atoms with Gasteiger partial charge in [-0.15, -0.1) is 0 Å². The van der Waals surface area contributed by atoms with Crippen molar-refractivity contribution in [1.29, 1.82) is 5.26 Å². The lowest BCUT2D eigenvalue weighted by Gasteiger charge is -2.41. The first-order chi connectivity index (χ1) is 11.5. The molecule has 1 N–H and O–H groups in total. The molecule has 0 spiro atoms. The largest absolute Gasteiger partial charge is 0.370 e. The third-order valence-corrected chi connectivity index (χ3v) is 5.89. The van der Waals surface area contributed by atoms with E-state index in [1.807, 2.05) is 6.92 Å². The van der Waals surface area contributed by atoms with Crippen LogP contribution >= 0.6 is 34.9 Å². The summed E-state index contributed by atoms with van der Waals surface area (Å²) in [5.41, 5.74) is -0.0961. The number of carbonyl (C=O) groups excluding carboxylic acids is 1. The fourth-order valence-electron chi connectivity index (χ4n) is 2.47. The van der Waals surface area contributed by atoms with Crippen molar-refractivity contribution in [2.45, 2.75) is 25.9 Å². The van der Waals surface area contributed by atoms with Gasteiger partial charge in [0.2, 0.25) is 5.91 Å². The van der Waals surface area contributed by atoms with Crippen LogP contribution in [-0.4, -0.2) is 53.6 Å². The Kier molecular flexibility index (Phi) is 7.16. The minimum absolute atomic E-state index is 0.0384. The number of carbonyl (C=O) groups is 1. The molecule has 1 atom stereocenters. The van der Waals surface area contributed by atoms with Crippen LogP contribution < -0.4 is 10.2 Å². The lowest BCUT2D eigenvalue weighted by Crippen LogP contribution is -2.55. The Morgan fingerprint density at radius 1 is 1.67 bits per heavy atom. The van der Waals surface area contributed by atoms with Gasteiger partial charge in [0.15, 0.2) is 5.15 Å². The van der Waals surface area contributed by atoms with E-state index in [2.05, 4.69) is 27.6 Å². The van der Waals surface area contributed by atoms with Crippen LogP contribution in [0.25, 0.3) is 0 Å². The van der Waals surface area contributed by atoms with Crippen molar-refractivity contribution in [3.8, 4) is 6.07 Å². The maximum atomic E-state index is 11.9. The molecule has 2 rings (SSSR count). The molecular weight excluding hydrogens is 368 g/mol. The van der Waals surface area contributed by atoms with Crippen molar-refractivity contribution in [3.05, 3.63) is 10.7 Å². The zero-order chi connectivity index (χ0) is 17.6. The molecule has 1 saturated heterocycles. The van der Waals surface area contributed by atoms with Crippen LogP contribution in [0.15, 0.2) is 0 Å². The van der Waals surface area contributed by atoms with Gasteiger partial charge in [0, 0.05) is 31.8 Å². The molecule has 1 aromatic heterocycles. The molecule has 2 heterocycles. The van der Waals surface area contributed by atoms with Crippen LogP contribution in [-0.2, 0) is 9.53 Å². The van der Waals surface area contributed by atoms with Crippen LogP contribution in [0.1, 0.15) is 25.8 Å². The van der Waals surface area contributed by atoms with E-state index in [0.29, 0.717) is 38.2 Å². The highest BCUT2D eigenvalue weighted by Crippen LogP contribution is 2.33. The lowest BCUT2D eigenvalue weighted by molar-refractivity contribution is -0.122. The summed E-state index contributed by atoms with van der Waals surface area (Å²) in [6, 6.07) is 2.11. The van der Waals surface area contributed by atoms with Crippen molar-refractivity contribution < 1.29 is 9.53 Å². The molecule has 0 bridgehead atoms. The Labute approximate surface area is 155 Å². The zero-order valence-electron chi connectivity index (χ0n) is 13.8. The summed E-state index contributed by atoms with van der Waals surface area (Å²) in [5, 5.41) is 13.2. The van der Waals surface area contributed by atoms with Gasteiger partial charge in [-0.25, -0.2) is 0 Å². The fourth-order valence-corrected chi connectivity index (χ4v) is 4.14. The number of rotatable bonds is 7. The van der Waals surface area contributed by atoms with Crippen molar-refractivity contribution in [3.63, 3.8) is 0 Å². The number of morpholine rings is 1. The molecule has 1 fully saturated rings. The van der Waals surface area contributed by atoms with Crippen LogP contribution in [0.2, 0.25) is 5.15 Å². The maximum absolute atomic E-state index is 11.9. The third kappa shape index (κ3) is 4.99. The highest BCUT2D eigenvalue weighted by atomic mass is 35.5. The molecule has 0 aliphatic carbocycles. The Morgan fingerprint density at radius 2 is 2.46 bits per heavy atom. The topological polar surface area (TPSA) is 78.3 Å². The summed E-state index contributed by atoms with van der Waals surface area (Å²) in [6.45, 7) is 6.25. The van der Waals surface area contributed by atoms with Crippen LogP contribution in [0.4, 0.5) is 5.00 Å². The number of nitriles is 1.